The summed E-state index contributed by atoms with van der Waals surface area (Å²) < 4.78 is 5.95. The highest BCUT2D eigenvalue weighted by molar-refractivity contribution is 7.08. The van der Waals surface area contributed by atoms with E-state index in [0.717, 1.165) is 36.5 Å². The van der Waals surface area contributed by atoms with Crippen LogP contribution in [0.1, 0.15) is 58.5 Å². The number of amides is 1. The summed E-state index contributed by atoms with van der Waals surface area (Å²) in [4.78, 5) is 13.3. The summed E-state index contributed by atoms with van der Waals surface area (Å²) in [6, 6.07) is 10.3. The Hall–Kier alpha value is -2.54. The number of hydrogen-bond acceptors (Lipinski definition) is 5. The minimum Gasteiger partial charge on any atom is -0.344 e. The fourth-order valence-corrected chi connectivity index (χ4v) is 4.34. The molecule has 0 fully saturated rings. The van der Waals surface area contributed by atoms with Gasteiger partial charge in [-0.3, -0.25) is 9.48 Å². The second-order valence-corrected chi connectivity index (χ2v) is 8.70. The molecule has 0 bridgehead atoms. The number of nitrogens with zero attached hydrogens (tertiary/aromatic N) is 4. The highest BCUT2D eigenvalue weighted by Crippen LogP contribution is 2.41. The number of carbonyl (C=O) groups is 1. The van der Waals surface area contributed by atoms with Gasteiger partial charge in [0, 0.05) is 11.3 Å². The fraction of sp³-hybridized carbons (Fsp3) is 0.400. The number of nitrogens with one attached hydrogen (secondary N) is 1. The molecular weight excluding hydrogens is 358 g/mol. The third-order valence-corrected chi connectivity index (χ3v) is 5.92. The van der Waals surface area contributed by atoms with Crippen molar-refractivity contribution < 1.29 is 4.79 Å². The van der Waals surface area contributed by atoms with Crippen molar-refractivity contribution in [1.82, 2.24) is 24.7 Å². The molecule has 1 N–H and O–H groups in total. The van der Waals surface area contributed by atoms with Crippen LogP contribution in [0.25, 0.3) is 0 Å². The topological polar surface area (TPSA) is 72.7 Å². The molecule has 3 aromatic rings. The molecule has 2 aromatic heterocycles. The lowest BCUT2D eigenvalue weighted by Gasteiger charge is -2.36. The van der Waals surface area contributed by atoms with E-state index in [2.05, 4.69) is 50.7 Å². The van der Waals surface area contributed by atoms with Crippen LogP contribution in [0.4, 0.5) is 0 Å². The van der Waals surface area contributed by atoms with Gasteiger partial charge in [-0.25, -0.2) is 0 Å². The maximum Gasteiger partial charge on any atom is 0.265 e. The quantitative estimate of drug-likeness (QED) is 0.750. The third kappa shape index (κ3) is 3.64. The molecule has 4 rings (SSSR count). The van der Waals surface area contributed by atoms with Gasteiger partial charge in [0.1, 0.15) is 4.88 Å². The second kappa shape index (κ2) is 6.88. The minimum absolute atomic E-state index is 0.0535. The number of aryl methyl sites for hydroxylation is 1. The van der Waals surface area contributed by atoms with Crippen molar-refractivity contribution in [2.24, 2.45) is 5.41 Å². The molecule has 0 saturated carbocycles. The summed E-state index contributed by atoms with van der Waals surface area (Å²) in [5.41, 5.74) is 4.31. The van der Waals surface area contributed by atoms with E-state index >= 15 is 0 Å². The monoisotopic (exact) mass is 381 g/mol. The van der Waals surface area contributed by atoms with Gasteiger partial charge in [0.05, 0.1) is 24.5 Å². The van der Waals surface area contributed by atoms with Crippen molar-refractivity contribution in [1.29, 1.82) is 0 Å². The number of carbonyl (C=O) groups excluding carboxylic acids is 1. The number of rotatable bonds is 4. The van der Waals surface area contributed by atoms with Gasteiger partial charge in [-0.2, -0.15) is 5.10 Å². The van der Waals surface area contributed by atoms with Crippen LogP contribution in [0, 0.1) is 12.3 Å². The Bertz CT molecular complexity index is 960. The third-order valence-electron chi connectivity index (χ3n) is 5.10. The lowest BCUT2D eigenvalue weighted by molar-refractivity contribution is 0.0922. The van der Waals surface area contributed by atoms with Crippen LogP contribution in [-0.2, 0) is 13.0 Å². The van der Waals surface area contributed by atoms with Crippen molar-refractivity contribution in [2.75, 3.05) is 0 Å². The molecule has 1 unspecified atom stereocenters. The molecule has 0 saturated heterocycles. The van der Waals surface area contributed by atoms with E-state index in [1.165, 1.54) is 11.3 Å². The molecule has 140 valence electrons. The second-order valence-electron chi connectivity index (χ2n) is 7.95. The summed E-state index contributed by atoms with van der Waals surface area (Å²) >= 11 is 1.14. The Kier molecular flexibility index (Phi) is 4.55. The Balaban J connectivity index is 1.62. The highest BCUT2D eigenvalue weighted by Gasteiger charge is 2.36. The van der Waals surface area contributed by atoms with E-state index in [-0.39, 0.29) is 17.4 Å². The first-order chi connectivity index (χ1) is 12.9. The summed E-state index contributed by atoms with van der Waals surface area (Å²) in [5, 5.41) is 11.8. The van der Waals surface area contributed by atoms with Gasteiger partial charge >= 0.3 is 0 Å². The molecule has 7 heteroatoms. The highest BCUT2D eigenvalue weighted by atomic mass is 32.1. The molecule has 0 spiro atoms. The van der Waals surface area contributed by atoms with Crippen LogP contribution in [0.2, 0.25) is 0 Å². The maximum atomic E-state index is 12.7. The average molecular weight is 382 g/mol. The Morgan fingerprint density at radius 3 is 2.81 bits per heavy atom. The van der Waals surface area contributed by atoms with Crippen molar-refractivity contribution >= 4 is 17.4 Å². The molecule has 0 radical (unpaired) electrons. The van der Waals surface area contributed by atoms with E-state index in [0.29, 0.717) is 10.6 Å². The fourth-order valence-electron chi connectivity index (χ4n) is 3.78. The zero-order valence-corrected chi connectivity index (χ0v) is 16.6. The molecule has 1 aromatic carbocycles. The average Bonchev–Trinajstić information content (AvgIpc) is 3.22. The molecule has 1 atom stereocenters. The van der Waals surface area contributed by atoms with Gasteiger partial charge < -0.3 is 5.32 Å². The van der Waals surface area contributed by atoms with Gasteiger partial charge in [0.15, 0.2) is 0 Å². The van der Waals surface area contributed by atoms with E-state index in [9.17, 15) is 4.79 Å². The largest absolute Gasteiger partial charge is 0.344 e. The molecule has 1 aliphatic carbocycles. The first kappa shape index (κ1) is 17.9. The van der Waals surface area contributed by atoms with Crippen LogP contribution in [0.5, 0.6) is 0 Å². The number of aromatic nitrogens is 4. The molecular formula is C20H23N5OS. The van der Waals surface area contributed by atoms with Crippen LogP contribution >= 0.6 is 11.5 Å². The standard InChI is InChI=1S/C20H23N5OS/c1-13-18(27-24-23-13)19(26)22-16-9-20(2,3)10-17-15(16)11-21-25(17)12-14-7-5-4-6-8-14/h4-8,11,16H,9-10,12H2,1-3H3,(H,22,26). The van der Waals surface area contributed by atoms with Crippen LogP contribution in [0.3, 0.4) is 0 Å². The molecule has 0 aliphatic heterocycles. The molecule has 27 heavy (non-hydrogen) atoms. The summed E-state index contributed by atoms with van der Waals surface area (Å²) in [5.74, 6) is -0.105. The number of benzene rings is 1. The zero-order chi connectivity index (χ0) is 19.0. The zero-order valence-electron chi connectivity index (χ0n) is 15.8. The minimum atomic E-state index is -0.105. The Labute approximate surface area is 162 Å². The van der Waals surface area contributed by atoms with Crippen molar-refractivity contribution in [3.05, 3.63) is 63.9 Å². The van der Waals surface area contributed by atoms with Crippen molar-refractivity contribution in [3.63, 3.8) is 0 Å². The van der Waals surface area contributed by atoms with E-state index in [1.54, 1.807) is 0 Å². The molecule has 6 nitrogen and oxygen atoms in total. The smallest absolute Gasteiger partial charge is 0.265 e. The van der Waals surface area contributed by atoms with Crippen LogP contribution in [0.15, 0.2) is 36.5 Å². The lowest BCUT2D eigenvalue weighted by atomic mass is 9.74. The first-order valence-electron chi connectivity index (χ1n) is 9.11. The first-order valence-corrected chi connectivity index (χ1v) is 9.89. The number of fused-ring (bicyclic) bond motifs is 1. The predicted octanol–water partition coefficient (Wildman–Crippen LogP) is 3.53. The molecule has 1 amide bonds. The van der Waals surface area contributed by atoms with Crippen molar-refractivity contribution in [2.45, 2.75) is 46.2 Å². The van der Waals surface area contributed by atoms with Crippen LogP contribution in [-0.4, -0.2) is 25.3 Å². The lowest BCUT2D eigenvalue weighted by Crippen LogP contribution is -2.36. The van der Waals surface area contributed by atoms with Crippen LogP contribution < -0.4 is 5.32 Å². The maximum absolute atomic E-state index is 12.7. The van der Waals surface area contributed by atoms with E-state index in [1.807, 2.05) is 31.3 Å². The van der Waals surface area contributed by atoms with Gasteiger partial charge in [-0.15, -0.1) is 5.10 Å². The normalized spacial score (nSPS) is 18.1. The molecule has 2 heterocycles. The van der Waals surface area contributed by atoms with Gasteiger partial charge in [0.2, 0.25) is 0 Å². The summed E-state index contributed by atoms with van der Waals surface area (Å²) in [6.45, 7) is 7.04. The molecule has 1 aliphatic rings. The number of hydrogen-bond donors (Lipinski definition) is 1. The summed E-state index contributed by atoms with van der Waals surface area (Å²) in [7, 11) is 0. The SMILES string of the molecule is Cc1nnsc1C(=O)NC1CC(C)(C)Cc2c1cnn2Cc1ccccc1. The Morgan fingerprint density at radius 1 is 1.33 bits per heavy atom. The van der Waals surface area contributed by atoms with Gasteiger partial charge in [-0.05, 0) is 42.3 Å². The van der Waals surface area contributed by atoms with Gasteiger partial charge in [0.25, 0.3) is 5.91 Å². The van der Waals surface area contributed by atoms with E-state index < -0.39 is 0 Å². The van der Waals surface area contributed by atoms with E-state index in [4.69, 9.17) is 0 Å². The van der Waals surface area contributed by atoms with Crippen molar-refractivity contribution in [3.8, 4) is 0 Å². The summed E-state index contributed by atoms with van der Waals surface area (Å²) in [6.07, 6.45) is 3.74. The van der Waals surface area contributed by atoms with Gasteiger partial charge in [-0.1, -0.05) is 48.7 Å². The predicted molar refractivity (Wildman–Crippen MR) is 105 cm³/mol. The Morgan fingerprint density at radius 2 is 2.11 bits per heavy atom.